The Kier molecular flexibility index (Phi) is 6.28. The Labute approximate surface area is 168 Å². The molecule has 2 aromatic rings. The van der Waals surface area contributed by atoms with Crippen molar-refractivity contribution in [3.63, 3.8) is 0 Å². The van der Waals surface area contributed by atoms with E-state index in [4.69, 9.17) is 16.3 Å². The second-order valence-corrected chi connectivity index (χ2v) is 8.63. The van der Waals surface area contributed by atoms with E-state index in [0.29, 0.717) is 16.5 Å². The number of benzene rings is 2. The Morgan fingerprint density at radius 2 is 2.04 bits per heavy atom. The highest BCUT2D eigenvalue weighted by Crippen LogP contribution is 2.34. The van der Waals surface area contributed by atoms with Crippen molar-refractivity contribution in [1.82, 2.24) is 0 Å². The van der Waals surface area contributed by atoms with E-state index in [2.05, 4.69) is 20.9 Å². The van der Waals surface area contributed by atoms with Gasteiger partial charge >= 0.3 is 0 Å². The molecule has 0 aliphatic carbocycles. The molecule has 1 heterocycles. The van der Waals surface area contributed by atoms with Gasteiger partial charge in [-0.25, -0.2) is 4.99 Å². The molecule has 3 nitrogen and oxygen atoms in total. The summed E-state index contributed by atoms with van der Waals surface area (Å²) in [6.45, 7) is 0. The first-order valence-electron chi connectivity index (χ1n) is 7.28. The Hall–Kier alpha value is -1.21. The van der Waals surface area contributed by atoms with E-state index >= 15 is 0 Å². The Morgan fingerprint density at radius 3 is 2.76 bits per heavy atom. The summed E-state index contributed by atoms with van der Waals surface area (Å²) < 4.78 is 7.01. The molecule has 0 spiro atoms. The number of ether oxygens (including phenoxy) is 1. The Morgan fingerprint density at radius 1 is 1.28 bits per heavy atom. The fourth-order valence-electron chi connectivity index (χ4n) is 2.14. The monoisotopic (exact) mass is 453 g/mol. The standard InChI is InChI=1S/C18H13BrClNO2S2/c1-23-16-7-4-13(19)8-12(16)9-15-17(22)25-18(21-15)24-10-11-2-5-14(20)6-3-11/h2-9H,10H2,1H3/b15-9+. The molecule has 25 heavy (non-hydrogen) atoms. The van der Waals surface area contributed by atoms with Gasteiger partial charge in [0.25, 0.3) is 0 Å². The van der Waals surface area contributed by atoms with Gasteiger partial charge in [-0.05, 0) is 53.7 Å². The lowest BCUT2D eigenvalue weighted by molar-refractivity contribution is -0.107. The van der Waals surface area contributed by atoms with Crippen LogP contribution in [0.2, 0.25) is 5.02 Å². The van der Waals surface area contributed by atoms with Crippen molar-refractivity contribution >= 4 is 66.6 Å². The van der Waals surface area contributed by atoms with Gasteiger partial charge in [0, 0.05) is 20.8 Å². The van der Waals surface area contributed by atoms with Gasteiger partial charge in [-0.3, -0.25) is 4.79 Å². The smallest absolute Gasteiger partial charge is 0.244 e. The second-order valence-electron chi connectivity index (χ2n) is 5.10. The minimum atomic E-state index is -0.0550. The van der Waals surface area contributed by atoms with E-state index in [1.165, 1.54) is 0 Å². The predicted octanol–water partition coefficient (Wildman–Crippen LogP) is 6.01. The van der Waals surface area contributed by atoms with Gasteiger partial charge in [-0.2, -0.15) is 0 Å². The van der Waals surface area contributed by atoms with Crippen molar-refractivity contribution in [1.29, 1.82) is 0 Å². The fraction of sp³-hybridized carbons (Fsp3) is 0.111. The number of thioether (sulfide) groups is 2. The zero-order valence-corrected chi connectivity index (χ0v) is 17.1. The number of rotatable bonds is 4. The minimum absolute atomic E-state index is 0.0550. The molecule has 128 valence electrons. The number of hydrogen-bond donors (Lipinski definition) is 0. The maximum atomic E-state index is 12.2. The molecule has 2 aromatic carbocycles. The zero-order chi connectivity index (χ0) is 17.8. The highest BCUT2D eigenvalue weighted by molar-refractivity contribution is 9.10. The SMILES string of the molecule is COc1ccc(Br)cc1/C=C1/N=C(SCc2ccc(Cl)cc2)SC1=O. The van der Waals surface area contributed by atoms with Gasteiger partial charge in [0.1, 0.15) is 15.8 Å². The van der Waals surface area contributed by atoms with Crippen molar-refractivity contribution in [2.75, 3.05) is 7.11 Å². The van der Waals surface area contributed by atoms with Crippen LogP contribution in [0.15, 0.2) is 57.6 Å². The van der Waals surface area contributed by atoms with E-state index in [9.17, 15) is 4.79 Å². The van der Waals surface area contributed by atoms with E-state index in [1.54, 1.807) is 24.9 Å². The lowest BCUT2D eigenvalue weighted by Gasteiger charge is -2.05. The van der Waals surface area contributed by atoms with Gasteiger partial charge < -0.3 is 4.74 Å². The number of methoxy groups -OCH3 is 1. The molecular formula is C18H13BrClNO2S2. The Balaban J connectivity index is 1.76. The predicted molar refractivity (Wildman–Crippen MR) is 111 cm³/mol. The van der Waals surface area contributed by atoms with Crippen LogP contribution in [0, 0.1) is 0 Å². The molecule has 0 bridgehead atoms. The third-order valence-electron chi connectivity index (χ3n) is 3.36. The van der Waals surface area contributed by atoms with Gasteiger partial charge in [-0.1, -0.05) is 51.4 Å². The van der Waals surface area contributed by atoms with Crippen LogP contribution in [0.5, 0.6) is 5.75 Å². The van der Waals surface area contributed by atoms with Crippen molar-refractivity contribution in [3.05, 3.63) is 68.8 Å². The van der Waals surface area contributed by atoms with Gasteiger partial charge in [0.15, 0.2) is 0 Å². The number of halogens is 2. The lowest BCUT2D eigenvalue weighted by Crippen LogP contribution is -1.91. The molecule has 0 saturated carbocycles. The molecule has 0 radical (unpaired) electrons. The molecule has 1 aliphatic heterocycles. The first-order chi connectivity index (χ1) is 12.0. The topological polar surface area (TPSA) is 38.7 Å². The summed E-state index contributed by atoms with van der Waals surface area (Å²) in [4.78, 5) is 16.7. The summed E-state index contributed by atoms with van der Waals surface area (Å²) in [5.41, 5.74) is 2.38. The highest BCUT2D eigenvalue weighted by Gasteiger charge is 2.23. The van der Waals surface area contributed by atoms with E-state index < -0.39 is 0 Å². The molecule has 0 fully saturated rings. The van der Waals surface area contributed by atoms with Crippen LogP contribution in [0.4, 0.5) is 0 Å². The molecular weight excluding hydrogens is 442 g/mol. The average Bonchev–Trinajstić information content (AvgIpc) is 2.94. The van der Waals surface area contributed by atoms with Crippen molar-refractivity contribution in [2.24, 2.45) is 4.99 Å². The first-order valence-corrected chi connectivity index (χ1v) is 10.3. The largest absolute Gasteiger partial charge is 0.496 e. The van der Waals surface area contributed by atoms with Crippen LogP contribution in [-0.4, -0.2) is 16.6 Å². The van der Waals surface area contributed by atoms with E-state index in [1.807, 2.05) is 42.5 Å². The van der Waals surface area contributed by atoms with Gasteiger partial charge in [-0.15, -0.1) is 0 Å². The van der Waals surface area contributed by atoms with Crippen molar-refractivity contribution < 1.29 is 9.53 Å². The van der Waals surface area contributed by atoms with E-state index in [-0.39, 0.29) is 5.12 Å². The molecule has 0 saturated heterocycles. The second kappa shape index (κ2) is 8.45. The maximum Gasteiger partial charge on any atom is 0.244 e. The third kappa shape index (κ3) is 4.91. The Bertz CT molecular complexity index is 866. The number of carbonyl (C=O) groups is 1. The molecule has 1 aliphatic rings. The summed E-state index contributed by atoms with van der Waals surface area (Å²) in [6.07, 6.45) is 1.76. The molecule has 0 atom stereocenters. The normalized spacial score (nSPS) is 15.6. The van der Waals surface area contributed by atoms with Crippen molar-refractivity contribution in [3.8, 4) is 5.75 Å². The lowest BCUT2D eigenvalue weighted by atomic mass is 10.1. The molecule has 0 aromatic heterocycles. The molecule has 0 N–H and O–H groups in total. The molecule has 0 amide bonds. The number of aliphatic imine (C=N–C) groups is 1. The van der Waals surface area contributed by atoms with Gasteiger partial charge in [0.2, 0.25) is 5.12 Å². The summed E-state index contributed by atoms with van der Waals surface area (Å²) in [6, 6.07) is 13.3. The van der Waals surface area contributed by atoms with E-state index in [0.717, 1.165) is 37.5 Å². The molecule has 7 heteroatoms. The number of hydrogen-bond acceptors (Lipinski definition) is 5. The third-order valence-corrected chi connectivity index (χ3v) is 6.19. The van der Waals surface area contributed by atoms with Crippen molar-refractivity contribution in [2.45, 2.75) is 5.75 Å². The van der Waals surface area contributed by atoms with Crippen LogP contribution in [0.25, 0.3) is 6.08 Å². The number of carbonyl (C=O) groups excluding carboxylic acids is 1. The quantitative estimate of drug-likeness (QED) is 0.530. The number of nitrogens with zero attached hydrogens (tertiary/aromatic N) is 1. The zero-order valence-electron chi connectivity index (χ0n) is 13.2. The first kappa shape index (κ1) is 18.6. The highest BCUT2D eigenvalue weighted by atomic mass is 79.9. The molecule has 3 rings (SSSR count). The summed E-state index contributed by atoms with van der Waals surface area (Å²) >= 11 is 12.0. The summed E-state index contributed by atoms with van der Waals surface area (Å²) in [5.74, 6) is 1.44. The van der Waals surface area contributed by atoms with Crippen LogP contribution in [-0.2, 0) is 10.5 Å². The van der Waals surface area contributed by atoms with Crippen LogP contribution >= 0.6 is 51.1 Å². The minimum Gasteiger partial charge on any atom is -0.496 e. The van der Waals surface area contributed by atoms with Crippen LogP contribution < -0.4 is 4.74 Å². The average molecular weight is 455 g/mol. The molecule has 0 unspecified atom stereocenters. The summed E-state index contributed by atoms with van der Waals surface area (Å²) in [7, 11) is 1.60. The van der Waals surface area contributed by atoms with Gasteiger partial charge in [0.05, 0.1) is 7.11 Å². The maximum absolute atomic E-state index is 12.2. The fourth-order valence-corrected chi connectivity index (χ4v) is 4.44. The van der Waals surface area contributed by atoms with Crippen LogP contribution in [0.3, 0.4) is 0 Å². The van der Waals surface area contributed by atoms with Crippen LogP contribution in [0.1, 0.15) is 11.1 Å². The summed E-state index contributed by atoms with van der Waals surface area (Å²) in [5, 5.41) is 0.658.